The zero-order chi connectivity index (χ0) is 21.8. The Kier molecular flexibility index (Phi) is 7.01. The molecule has 1 aromatic heterocycles. The molecule has 2 aliphatic rings. The molecule has 1 saturated carbocycles. The van der Waals surface area contributed by atoms with Gasteiger partial charge in [-0.2, -0.15) is 0 Å². The summed E-state index contributed by atoms with van der Waals surface area (Å²) in [7, 11) is 0. The van der Waals surface area contributed by atoms with Gasteiger partial charge in [0.2, 0.25) is 11.0 Å². The summed E-state index contributed by atoms with van der Waals surface area (Å²) in [6, 6.07) is 3.71. The smallest absolute Gasteiger partial charge is 0.259 e. The fourth-order valence-electron chi connectivity index (χ4n) is 3.82. The molecular weight excluding hydrogens is 444 g/mol. The zero-order valence-electron chi connectivity index (χ0n) is 16.9. The first-order chi connectivity index (χ1) is 15.0. The maximum absolute atomic E-state index is 13.9. The normalized spacial score (nSPS) is 17.2. The van der Waals surface area contributed by atoms with Crippen molar-refractivity contribution in [1.29, 1.82) is 0 Å². The van der Waals surface area contributed by atoms with Crippen molar-refractivity contribution in [3.05, 3.63) is 35.4 Å². The maximum atomic E-state index is 13.9. The summed E-state index contributed by atoms with van der Waals surface area (Å²) in [5.41, 5.74) is -0.513. The van der Waals surface area contributed by atoms with E-state index in [4.69, 9.17) is 0 Å². The lowest BCUT2D eigenvalue weighted by Crippen LogP contribution is -2.49. The third-order valence-electron chi connectivity index (χ3n) is 5.46. The molecule has 31 heavy (non-hydrogen) atoms. The quantitative estimate of drug-likeness (QED) is 0.659. The van der Waals surface area contributed by atoms with Crippen molar-refractivity contribution in [3.8, 4) is 0 Å². The number of hydrogen-bond donors (Lipinski definition) is 1. The molecule has 1 aromatic carbocycles. The molecule has 2 fully saturated rings. The zero-order valence-corrected chi connectivity index (χ0v) is 18.5. The third kappa shape index (κ3) is 5.32. The molecule has 11 heteroatoms. The van der Waals surface area contributed by atoms with Crippen LogP contribution in [0.15, 0.2) is 22.5 Å². The van der Waals surface area contributed by atoms with Gasteiger partial charge in [-0.3, -0.25) is 9.59 Å². The molecule has 0 spiro atoms. The van der Waals surface area contributed by atoms with Crippen LogP contribution in [0.2, 0.25) is 0 Å². The van der Waals surface area contributed by atoms with Gasteiger partial charge in [0, 0.05) is 32.2 Å². The monoisotopic (exact) mass is 467 g/mol. The van der Waals surface area contributed by atoms with Crippen LogP contribution in [0.4, 0.5) is 13.9 Å². The lowest BCUT2D eigenvalue weighted by molar-refractivity contribution is -0.119. The van der Waals surface area contributed by atoms with Gasteiger partial charge in [-0.15, -0.1) is 10.2 Å². The lowest BCUT2D eigenvalue weighted by atomic mass is 10.1. The number of piperazine rings is 1. The summed E-state index contributed by atoms with van der Waals surface area (Å²) in [4.78, 5) is 28.0. The Bertz CT molecular complexity index is 923. The first kappa shape index (κ1) is 21.9. The van der Waals surface area contributed by atoms with E-state index in [0.29, 0.717) is 47.4 Å². The van der Waals surface area contributed by atoms with Crippen LogP contribution in [-0.4, -0.2) is 64.9 Å². The van der Waals surface area contributed by atoms with Crippen molar-refractivity contribution in [2.75, 3.05) is 36.8 Å². The van der Waals surface area contributed by atoms with Crippen molar-refractivity contribution in [1.82, 2.24) is 20.4 Å². The molecule has 4 rings (SSSR count). The van der Waals surface area contributed by atoms with E-state index in [0.717, 1.165) is 25.0 Å². The van der Waals surface area contributed by atoms with Gasteiger partial charge in [0.25, 0.3) is 5.91 Å². The van der Waals surface area contributed by atoms with Crippen LogP contribution in [0.3, 0.4) is 0 Å². The molecule has 2 aromatic rings. The number of halogens is 2. The molecule has 2 heterocycles. The van der Waals surface area contributed by atoms with Crippen LogP contribution < -0.4 is 10.2 Å². The second-order valence-corrected chi connectivity index (χ2v) is 9.74. The summed E-state index contributed by atoms with van der Waals surface area (Å²) >= 11 is 2.76. The van der Waals surface area contributed by atoms with Crippen LogP contribution in [-0.2, 0) is 4.79 Å². The fourth-order valence-corrected chi connectivity index (χ4v) is 5.52. The number of carbonyl (C=O) groups excluding carboxylic acids is 2. The number of hydrogen-bond acceptors (Lipinski definition) is 7. The standard InChI is InChI=1S/C20H23F2N5O2S2/c21-14-6-3-7-15(22)17(14)18(29)26-8-10-27(11-9-26)19-24-25-20(31-19)30-12-16(28)23-13-4-1-2-5-13/h3,6-7,13H,1-2,4-5,8-12H2,(H,23,28). The van der Waals surface area contributed by atoms with E-state index in [-0.39, 0.29) is 5.91 Å². The van der Waals surface area contributed by atoms with E-state index in [1.807, 2.05) is 4.90 Å². The highest BCUT2D eigenvalue weighted by Crippen LogP contribution is 2.29. The summed E-state index contributed by atoms with van der Waals surface area (Å²) in [6.07, 6.45) is 4.45. The summed E-state index contributed by atoms with van der Waals surface area (Å²) in [5, 5.41) is 12.1. The molecule has 0 bridgehead atoms. The van der Waals surface area contributed by atoms with Crippen molar-refractivity contribution < 1.29 is 18.4 Å². The molecule has 1 aliphatic heterocycles. The molecule has 166 valence electrons. The number of aromatic nitrogens is 2. The van der Waals surface area contributed by atoms with E-state index in [1.54, 1.807) is 0 Å². The summed E-state index contributed by atoms with van der Waals surface area (Å²) < 4.78 is 28.5. The highest BCUT2D eigenvalue weighted by molar-refractivity contribution is 8.01. The SMILES string of the molecule is O=C(CSc1nnc(N2CCN(C(=O)c3c(F)cccc3F)CC2)s1)NC1CCCC1. The van der Waals surface area contributed by atoms with Crippen LogP contribution in [0.25, 0.3) is 0 Å². The Hall–Kier alpha value is -2.27. The maximum Gasteiger partial charge on any atom is 0.259 e. The van der Waals surface area contributed by atoms with Gasteiger partial charge in [-0.1, -0.05) is 42.0 Å². The average molecular weight is 468 g/mol. The van der Waals surface area contributed by atoms with Gasteiger partial charge < -0.3 is 15.1 Å². The first-order valence-electron chi connectivity index (χ1n) is 10.2. The number of nitrogens with zero attached hydrogens (tertiary/aromatic N) is 4. The molecular formula is C20H23F2N5O2S2. The van der Waals surface area contributed by atoms with Crippen molar-refractivity contribution in [2.24, 2.45) is 0 Å². The predicted octanol–water partition coefficient (Wildman–Crippen LogP) is 2.93. The molecule has 1 saturated heterocycles. The second kappa shape index (κ2) is 9.90. The topological polar surface area (TPSA) is 78.4 Å². The van der Waals surface area contributed by atoms with Gasteiger partial charge in [0.15, 0.2) is 4.34 Å². The molecule has 1 N–H and O–H groups in total. The minimum atomic E-state index is -0.852. The molecule has 1 aliphatic carbocycles. The molecule has 0 atom stereocenters. The lowest BCUT2D eigenvalue weighted by Gasteiger charge is -2.34. The van der Waals surface area contributed by atoms with Gasteiger partial charge >= 0.3 is 0 Å². The Morgan fingerprint density at radius 2 is 1.77 bits per heavy atom. The van der Waals surface area contributed by atoms with Gasteiger partial charge in [0.05, 0.1) is 5.75 Å². The Morgan fingerprint density at radius 3 is 2.45 bits per heavy atom. The van der Waals surface area contributed by atoms with Crippen molar-refractivity contribution >= 4 is 40.0 Å². The highest BCUT2D eigenvalue weighted by atomic mass is 32.2. The van der Waals surface area contributed by atoms with Crippen LogP contribution in [0, 0.1) is 11.6 Å². The van der Waals surface area contributed by atoms with E-state index < -0.39 is 23.1 Å². The number of benzene rings is 1. The number of thioether (sulfide) groups is 1. The van der Waals surface area contributed by atoms with Gasteiger partial charge in [0.1, 0.15) is 17.2 Å². The number of nitrogens with one attached hydrogen (secondary N) is 1. The second-order valence-electron chi connectivity index (χ2n) is 7.56. The Balaban J connectivity index is 1.27. The van der Waals surface area contributed by atoms with E-state index in [1.165, 1.54) is 46.9 Å². The molecule has 0 radical (unpaired) electrons. The van der Waals surface area contributed by atoms with E-state index >= 15 is 0 Å². The molecule has 7 nitrogen and oxygen atoms in total. The molecule has 0 unspecified atom stereocenters. The fraction of sp³-hybridized carbons (Fsp3) is 0.500. The Morgan fingerprint density at radius 1 is 1.10 bits per heavy atom. The van der Waals surface area contributed by atoms with E-state index in [2.05, 4.69) is 15.5 Å². The van der Waals surface area contributed by atoms with Gasteiger partial charge in [-0.05, 0) is 25.0 Å². The van der Waals surface area contributed by atoms with E-state index in [9.17, 15) is 18.4 Å². The Labute approximate surface area is 187 Å². The first-order valence-corrected chi connectivity index (χ1v) is 12.1. The third-order valence-corrected chi connectivity index (χ3v) is 7.57. The number of carbonyl (C=O) groups is 2. The minimum Gasteiger partial charge on any atom is -0.353 e. The summed E-state index contributed by atoms with van der Waals surface area (Å²) in [6.45, 7) is 1.64. The number of rotatable bonds is 6. The number of amides is 2. The van der Waals surface area contributed by atoms with Crippen LogP contribution in [0.5, 0.6) is 0 Å². The van der Waals surface area contributed by atoms with Crippen molar-refractivity contribution in [3.63, 3.8) is 0 Å². The average Bonchev–Trinajstić information content (AvgIpc) is 3.44. The predicted molar refractivity (Wildman–Crippen MR) is 116 cm³/mol. The highest BCUT2D eigenvalue weighted by Gasteiger charge is 2.27. The summed E-state index contributed by atoms with van der Waals surface area (Å²) in [5.74, 6) is -2.02. The van der Waals surface area contributed by atoms with Crippen molar-refractivity contribution in [2.45, 2.75) is 36.1 Å². The van der Waals surface area contributed by atoms with Crippen LogP contribution in [0.1, 0.15) is 36.0 Å². The van der Waals surface area contributed by atoms with Gasteiger partial charge in [-0.25, -0.2) is 8.78 Å². The van der Waals surface area contributed by atoms with Crippen LogP contribution >= 0.6 is 23.1 Å². The molecule has 2 amide bonds. The largest absolute Gasteiger partial charge is 0.353 e. The minimum absolute atomic E-state index is 0.0150. The number of anilines is 1.